The Hall–Kier alpha value is -1.36. The molecule has 1 saturated heterocycles. The summed E-state index contributed by atoms with van der Waals surface area (Å²) in [5.74, 6) is 0.202. The van der Waals surface area contributed by atoms with Crippen LogP contribution in [0.5, 0.6) is 0 Å². The first kappa shape index (κ1) is 15.0. The number of nitrogens with zero attached hydrogens (tertiary/aromatic N) is 2. The van der Waals surface area contributed by atoms with Gasteiger partial charge in [-0.1, -0.05) is 22.9 Å². The highest BCUT2D eigenvalue weighted by Crippen LogP contribution is 2.17. The minimum absolute atomic E-state index is 0.0398. The molecule has 0 atom stereocenters. The maximum atomic E-state index is 12.5. The molecule has 1 aliphatic rings. The van der Waals surface area contributed by atoms with Gasteiger partial charge < -0.3 is 9.80 Å². The topological polar surface area (TPSA) is 40.6 Å². The summed E-state index contributed by atoms with van der Waals surface area (Å²) in [4.78, 5) is 27.7. The molecule has 0 aromatic heterocycles. The van der Waals surface area contributed by atoms with E-state index >= 15 is 0 Å². The van der Waals surface area contributed by atoms with E-state index in [4.69, 9.17) is 0 Å². The molecule has 2 amide bonds. The van der Waals surface area contributed by atoms with Gasteiger partial charge in [-0.3, -0.25) is 9.59 Å². The molecule has 108 valence electrons. The van der Waals surface area contributed by atoms with Gasteiger partial charge in [0.15, 0.2) is 0 Å². The average molecular weight is 339 g/mol. The third-order valence-electron chi connectivity index (χ3n) is 3.51. The number of halogens is 1. The number of benzene rings is 1. The van der Waals surface area contributed by atoms with Crippen molar-refractivity contribution in [3.63, 3.8) is 0 Å². The molecular weight excluding hydrogens is 320 g/mol. The molecule has 0 unspecified atom stereocenters. The third-order valence-corrected chi connectivity index (χ3v) is 3.97. The van der Waals surface area contributed by atoms with E-state index in [9.17, 15) is 9.59 Å². The third kappa shape index (κ3) is 3.39. The Morgan fingerprint density at radius 2 is 1.70 bits per heavy atom. The zero-order valence-electron chi connectivity index (χ0n) is 11.9. The van der Waals surface area contributed by atoms with E-state index in [-0.39, 0.29) is 11.8 Å². The number of rotatable bonds is 2. The van der Waals surface area contributed by atoms with Crippen LogP contribution in [0.2, 0.25) is 0 Å². The van der Waals surface area contributed by atoms with Crippen molar-refractivity contribution in [1.82, 2.24) is 9.80 Å². The van der Waals surface area contributed by atoms with Crippen LogP contribution in [0.25, 0.3) is 0 Å². The zero-order valence-corrected chi connectivity index (χ0v) is 13.4. The number of carbonyl (C=O) groups is 2. The summed E-state index contributed by atoms with van der Waals surface area (Å²) < 4.78 is 0.917. The largest absolute Gasteiger partial charge is 0.339 e. The monoisotopic (exact) mass is 338 g/mol. The van der Waals surface area contributed by atoms with Crippen LogP contribution in [-0.4, -0.2) is 47.8 Å². The van der Waals surface area contributed by atoms with Crippen LogP contribution in [0.4, 0.5) is 0 Å². The van der Waals surface area contributed by atoms with Gasteiger partial charge in [0.05, 0.1) is 0 Å². The molecule has 1 aromatic carbocycles. The molecule has 1 fully saturated rings. The molecule has 4 nitrogen and oxygen atoms in total. The lowest BCUT2D eigenvalue weighted by Crippen LogP contribution is -2.50. The second kappa shape index (κ2) is 6.39. The molecule has 0 spiro atoms. The van der Waals surface area contributed by atoms with Crippen molar-refractivity contribution in [3.8, 4) is 0 Å². The van der Waals surface area contributed by atoms with Crippen LogP contribution in [0.3, 0.4) is 0 Å². The summed E-state index contributed by atoms with van der Waals surface area (Å²) >= 11 is 3.42. The quantitative estimate of drug-likeness (QED) is 0.831. The fourth-order valence-electron chi connectivity index (χ4n) is 2.42. The van der Waals surface area contributed by atoms with Crippen molar-refractivity contribution in [1.29, 1.82) is 0 Å². The predicted molar refractivity (Wildman–Crippen MR) is 81.7 cm³/mol. The fraction of sp³-hybridized carbons (Fsp3) is 0.467. The van der Waals surface area contributed by atoms with Crippen LogP contribution in [0, 0.1) is 6.92 Å². The molecule has 0 aliphatic carbocycles. The predicted octanol–water partition coefficient (Wildman–Crippen LogP) is 2.45. The Morgan fingerprint density at radius 1 is 1.10 bits per heavy atom. The lowest BCUT2D eigenvalue weighted by atomic mass is 10.1. The molecule has 1 aromatic rings. The number of aryl methyl sites for hydroxylation is 1. The maximum absolute atomic E-state index is 12.5. The molecule has 0 bridgehead atoms. The molecular formula is C15H19BrN2O2. The van der Waals surface area contributed by atoms with Crippen LogP contribution in [-0.2, 0) is 4.79 Å². The SMILES string of the molecule is CCC(=O)N1CCN(C(=O)c2cc(C)cc(Br)c2)CC1. The van der Waals surface area contributed by atoms with Gasteiger partial charge >= 0.3 is 0 Å². The lowest BCUT2D eigenvalue weighted by molar-refractivity contribution is -0.132. The molecule has 20 heavy (non-hydrogen) atoms. The van der Waals surface area contributed by atoms with Crippen LogP contribution < -0.4 is 0 Å². The number of amides is 2. The second-order valence-electron chi connectivity index (χ2n) is 5.04. The van der Waals surface area contributed by atoms with Crippen molar-refractivity contribution in [2.45, 2.75) is 20.3 Å². The summed E-state index contributed by atoms with van der Waals surface area (Å²) in [6, 6.07) is 5.73. The first-order valence-electron chi connectivity index (χ1n) is 6.85. The zero-order chi connectivity index (χ0) is 14.7. The van der Waals surface area contributed by atoms with Gasteiger partial charge in [-0.25, -0.2) is 0 Å². The normalized spacial score (nSPS) is 15.3. The smallest absolute Gasteiger partial charge is 0.254 e. The van der Waals surface area contributed by atoms with Gasteiger partial charge in [-0.05, 0) is 30.7 Å². The average Bonchev–Trinajstić information content (AvgIpc) is 2.45. The highest BCUT2D eigenvalue weighted by molar-refractivity contribution is 9.10. The number of piperazine rings is 1. The fourth-order valence-corrected chi connectivity index (χ4v) is 3.03. The Kier molecular flexibility index (Phi) is 4.81. The van der Waals surface area contributed by atoms with E-state index in [0.29, 0.717) is 38.2 Å². The highest BCUT2D eigenvalue weighted by Gasteiger charge is 2.24. The van der Waals surface area contributed by atoms with Crippen molar-refractivity contribution in [2.75, 3.05) is 26.2 Å². The van der Waals surface area contributed by atoms with Crippen molar-refractivity contribution < 1.29 is 9.59 Å². The minimum Gasteiger partial charge on any atom is -0.339 e. The Balaban J connectivity index is 2.03. The molecule has 0 saturated carbocycles. The van der Waals surface area contributed by atoms with Gasteiger partial charge in [0.1, 0.15) is 0 Å². The Morgan fingerprint density at radius 3 is 2.25 bits per heavy atom. The molecule has 2 rings (SSSR count). The van der Waals surface area contributed by atoms with Crippen molar-refractivity contribution >= 4 is 27.7 Å². The van der Waals surface area contributed by atoms with E-state index in [0.717, 1.165) is 10.0 Å². The Bertz CT molecular complexity index is 502. The summed E-state index contributed by atoms with van der Waals surface area (Å²) in [5.41, 5.74) is 1.76. The van der Waals surface area contributed by atoms with E-state index in [1.807, 2.05) is 41.8 Å². The molecule has 0 N–H and O–H groups in total. The summed E-state index contributed by atoms with van der Waals surface area (Å²) in [5, 5.41) is 0. The first-order valence-corrected chi connectivity index (χ1v) is 7.65. The second-order valence-corrected chi connectivity index (χ2v) is 5.96. The number of carbonyl (C=O) groups excluding carboxylic acids is 2. The number of hydrogen-bond acceptors (Lipinski definition) is 2. The van der Waals surface area contributed by atoms with Gasteiger partial charge in [-0.15, -0.1) is 0 Å². The minimum atomic E-state index is 0.0398. The van der Waals surface area contributed by atoms with Crippen LogP contribution >= 0.6 is 15.9 Å². The van der Waals surface area contributed by atoms with Gasteiger partial charge in [0.2, 0.25) is 5.91 Å². The summed E-state index contributed by atoms with van der Waals surface area (Å²) in [7, 11) is 0. The van der Waals surface area contributed by atoms with Gasteiger partial charge in [0, 0.05) is 42.6 Å². The lowest BCUT2D eigenvalue weighted by Gasteiger charge is -2.34. The van der Waals surface area contributed by atoms with Crippen LogP contribution in [0.15, 0.2) is 22.7 Å². The maximum Gasteiger partial charge on any atom is 0.254 e. The summed E-state index contributed by atoms with van der Waals surface area (Å²) in [6.45, 7) is 6.31. The first-order chi connectivity index (χ1) is 9.51. The Labute approximate surface area is 127 Å². The van der Waals surface area contributed by atoms with Gasteiger partial charge in [-0.2, -0.15) is 0 Å². The van der Waals surface area contributed by atoms with E-state index < -0.39 is 0 Å². The van der Waals surface area contributed by atoms with Crippen molar-refractivity contribution in [2.24, 2.45) is 0 Å². The molecule has 0 radical (unpaired) electrons. The summed E-state index contributed by atoms with van der Waals surface area (Å²) in [6.07, 6.45) is 0.527. The number of hydrogen-bond donors (Lipinski definition) is 0. The van der Waals surface area contributed by atoms with E-state index in [1.165, 1.54) is 0 Å². The van der Waals surface area contributed by atoms with Gasteiger partial charge in [0.25, 0.3) is 5.91 Å². The molecule has 5 heteroatoms. The standard InChI is InChI=1S/C15H19BrN2O2/c1-3-14(19)17-4-6-18(7-5-17)15(20)12-8-11(2)9-13(16)10-12/h8-10H,3-7H2,1-2H3. The highest BCUT2D eigenvalue weighted by atomic mass is 79.9. The molecule has 1 heterocycles. The van der Waals surface area contributed by atoms with Crippen LogP contribution in [0.1, 0.15) is 29.3 Å². The van der Waals surface area contributed by atoms with E-state index in [2.05, 4.69) is 15.9 Å². The van der Waals surface area contributed by atoms with Crippen molar-refractivity contribution in [3.05, 3.63) is 33.8 Å². The molecule has 1 aliphatic heterocycles. The van der Waals surface area contributed by atoms with E-state index in [1.54, 1.807) is 0 Å².